The van der Waals surface area contributed by atoms with Crippen LogP contribution in [0.5, 0.6) is 11.5 Å². The van der Waals surface area contributed by atoms with Crippen LogP contribution in [0.15, 0.2) is 46.9 Å². The number of fused-ring (bicyclic) bond motifs is 1. The molecule has 0 saturated carbocycles. The van der Waals surface area contributed by atoms with Gasteiger partial charge in [0.05, 0.1) is 37.6 Å². The van der Waals surface area contributed by atoms with Crippen molar-refractivity contribution in [3.8, 4) is 11.5 Å². The van der Waals surface area contributed by atoms with Crippen molar-refractivity contribution >= 4 is 54.6 Å². The molecule has 34 heavy (non-hydrogen) atoms. The molecule has 1 aromatic heterocycles. The Morgan fingerprint density at radius 2 is 1.97 bits per heavy atom. The van der Waals surface area contributed by atoms with E-state index >= 15 is 0 Å². The number of carbonyl (C=O) groups is 1. The molecular weight excluding hydrogens is 518 g/mol. The summed E-state index contributed by atoms with van der Waals surface area (Å²) in [6.07, 6.45) is 4.25. The second kappa shape index (κ2) is 11.8. The van der Waals surface area contributed by atoms with Gasteiger partial charge in [-0.25, -0.2) is 4.98 Å². The average Bonchev–Trinajstić information content (AvgIpc) is 3.28. The number of hydrogen-bond donors (Lipinski definition) is 0. The first-order valence-corrected chi connectivity index (χ1v) is 12.8. The molecule has 0 bridgehead atoms. The van der Waals surface area contributed by atoms with Crippen molar-refractivity contribution in [2.24, 2.45) is 0 Å². The summed E-state index contributed by atoms with van der Waals surface area (Å²) in [6, 6.07) is 11.5. The predicted octanol–water partition coefficient (Wildman–Crippen LogP) is 4.84. The van der Waals surface area contributed by atoms with Gasteiger partial charge in [0.2, 0.25) is 0 Å². The smallest absolute Gasteiger partial charge is 0.252 e. The van der Waals surface area contributed by atoms with Crippen molar-refractivity contribution in [2.45, 2.75) is 6.42 Å². The van der Waals surface area contributed by atoms with Crippen LogP contribution >= 0.6 is 27.3 Å². The maximum atomic E-state index is 13.3. The Hall–Kier alpha value is -2.46. The van der Waals surface area contributed by atoms with E-state index in [1.54, 1.807) is 31.3 Å². The molecule has 7 nitrogen and oxygen atoms in total. The first-order chi connectivity index (χ1) is 16.6. The van der Waals surface area contributed by atoms with Crippen LogP contribution in [0.3, 0.4) is 0 Å². The van der Waals surface area contributed by atoms with Crippen LogP contribution in [0.2, 0.25) is 0 Å². The van der Waals surface area contributed by atoms with Crippen LogP contribution in [0.25, 0.3) is 16.3 Å². The Labute approximate surface area is 212 Å². The Morgan fingerprint density at radius 1 is 1.18 bits per heavy atom. The van der Waals surface area contributed by atoms with Crippen LogP contribution in [0, 0.1) is 0 Å². The number of anilines is 1. The Kier molecular flexibility index (Phi) is 8.55. The standard InChI is InChI=1S/C25H28BrN3O4S/c1-31-21-8-4-18(16-22(21)32-2)5-9-24(30)29(11-3-10-28-12-14-33-15-13-28)25-27-20-7-6-19(26)17-23(20)34-25/h4-9,16-17H,3,10-15H2,1-2H3/b9-5+. The number of carbonyl (C=O) groups excluding carboxylic acids is 1. The summed E-state index contributed by atoms with van der Waals surface area (Å²) < 4.78 is 18.1. The SMILES string of the molecule is COc1ccc(/C=C/C(=O)N(CCCN2CCOCC2)c2nc3ccc(Br)cc3s2)cc1OC. The number of aromatic nitrogens is 1. The van der Waals surface area contributed by atoms with Crippen LogP contribution in [0.4, 0.5) is 5.13 Å². The lowest BCUT2D eigenvalue weighted by atomic mass is 10.2. The van der Waals surface area contributed by atoms with E-state index in [0.717, 1.165) is 59.5 Å². The van der Waals surface area contributed by atoms with E-state index in [4.69, 9.17) is 19.2 Å². The maximum absolute atomic E-state index is 13.3. The molecule has 0 aliphatic carbocycles. The minimum Gasteiger partial charge on any atom is -0.493 e. The van der Waals surface area contributed by atoms with Gasteiger partial charge in [-0.15, -0.1) is 0 Å². The van der Waals surface area contributed by atoms with E-state index in [1.165, 1.54) is 11.3 Å². The van der Waals surface area contributed by atoms with Gasteiger partial charge < -0.3 is 14.2 Å². The van der Waals surface area contributed by atoms with Gasteiger partial charge in [-0.3, -0.25) is 14.6 Å². The molecule has 1 fully saturated rings. The first-order valence-electron chi connectivity index (χ1n) is 11.1. The van der Waals surface area contributed by atoms with Gasteiger partial charge in [0, 0.05) is 36.7 Å². The average molecular weight is 546 g/mol. The molecule has 3 aromatic rings. The second-order valence-electron chi connectivity index (χ2n) is 7.85. The number of morpholine rings is 1. The lowest BCUT2D eigenvalue weighted by Crippen LogP contribution is -2.39. The van der Waals surface area contributed by atoms with Crippen molar-refractivity contribution in [3.05, 3.63) is 52.5 Å². The van der Waals surface area contributed by atoms with Gasteiger partial charge in [0.1, 0.15) is 0 Å². The van der Waals surface area contributed by atoms with Gasteiger partial charge >= 0.3 is 0 Å². The van der Waals surface area contributed by atoms with Crippen LogP contribution in [-0.4, -0.2) is 69.4 Å². The zero-order valence-electron chi connectivity index (χ0n) is 19.3. The summed E-state index contributed by atoms with van der Waals surface area (Å²) in [6.45, 7) is 4.91. The van der Waals surface area contributed by atoms with Crippen molar-refractivity contribution in [3.63, 3.8) is 0 Å². The molecule has 0 N–H and O–H groups in total. The molecule has 1 saturated heterocycles. The molecule has 0 radical (unpaired) electrons. The number of rotatable bonds is 9. The lowest BCUT2D eigenvalue weighted by molar-refractivity contribution is -0.114. The number of benzene rings is 2. The summed E-state index contributed by atoms with van der Waals surface area (Å²) in [5, 5.41) is 0.706. The molecule has 1 aliphatic heterocycles. The monoisotopic (exact) mass is 545 g/mol. The molecule has 0 atom stereocenters. The van der Waals surface area contributed by atoms with Gasteiger partial charge in [-0.2, -0.15) is 0 Å². The number of hydrogen-bond acceptors (Lipinski definition) is 7. The molecule has 9 heteroatoms. The van der Waals surface area contributed by atoms with E-state index in [2.05, 4.69) is 20.8 Å². The Bertz CT molecular complexity index is 1160. The number of methoxy groups -OCH3 is 2. The van der Waals surface area contributed by atoms with Crippen molar-refractivity contribution < 1.29 is 19.0 Å². The number of halogens is 1. The van der Waals surface area contributed by atoms with E-state index < -0.39 is 0 Å². The molecule has 1 aliphatic rings. The third-order valence-electron chi connectivity index (χ3n) is 5.62. The quantitative estimate of drug-likeness (QED) is 0.358. The number of nitrogens with zero attached hydrogens (tertiary/aromatic N) is 3. The van der Waals surface area contributed by atoms with Crippen LogP contribution in [0.1, 0.15) is 12.0 Å². The summed E-state index contributed by atoms with van der Waals surface area (Å²) in [7, 11) is 3.19. The highest BCUT2D eigenvalue weighted by molar-refractivity contribution is 9.10. The summed E-state index contributed by atoms with van der Waals surface area (Å²) in [4.78, 5) is 22.2. The second-order valence-corrected chi connectivity index (χ2v) is 9.78. The van der Waals surface area contributed by atoms with Crippen molar-refractivity contribution in [1.29, 1.82) is 0 Å². The Morgan fingerprint density at radius 3 is 2.74 bits per heavy atom. The molecule has 2 heterocycles. The highest BCUT2D eigenvalue weighted by atomic mass is 79.9. The summed E-state index contributed by atoms with van der Waals surface area (Å²) in [5.41, 5.74) is 1.74. The van der Waals surface area contributed by atoms with Gasteiger partial charge in [0.15, 0.2) is 16.6 Å². The summed E-state index contributed by atoms with van der Waals surface area (Å²) in [5.74, 6) is 1.17. The van der Waals surface area contributed by atoms with Gasteiger partial charge in [-0.05, 0) is 48.4 Å². The van der Waals surface area contributed by atoms with E-state index in [9.17, 15) is 4.79 Å². The molecule has 2 aromatic carbocycles. The molecule has 4 rings (SSSR count). The number of thiazole rings is 1. The molecule has 0 spiro atoms. The zero-order chi connectivity index (χ0) is 23.9. The highest BCUT2D eigenvalue weighted by Crippen LogP contribution is 2.32. The van der Waals surface area contributed by atoms with E-state index in [1.807, 2.05) is 36.4 Å². The molecule has 0 unspecified atom stereocenters. The Balaban J connectivity index is 1.53. The topological polar surface area (TPSA) is 64.1 Å². The van der Waals surface area contributed by atoms with E-state index in [0.29, 0.717) is 23.2 Å². The highest BCUT2D eigenvalue weighted by Gasteiger charge is 2.19. The summed E-state index contributed by atoms with van der Waals surface area (Å²) >= 11 is 5.05. The lowest BCUT2D eigenvalue weighted by Gasteiger charge is -2.27. The number of amides is 1. The largest absolute Gasteiger partial charge is 0.493 e. The fraction of sp³-hybridized carbons (Fsp3) is 0.360. The van der Waals surface area contributed by atoms with Crippen molar-refractivity contribution in [2.75, 3.05) is 58.5 Å². The fourth-order valence-corrected chi connectivity index (χ4v) is 5.34. The van der Waals surface area contributed by atoms with Crippen LogP contribution < -0.4 is 14.4 Å². The first kappa shape index (κ1) is 24.7. The minimum absolute atomic E-state index is 0.102. The zero-order valence-corrected chi connectivity index (χ0v) is 21.7. The molecule has 180 valence electrons. The van der Waals surface area contributed by atoms with Gasteiger partial charge in [0.25, 0.3) is 5.91 Å². The normalized spacial score (nSPS) is 14.6. The fourth-order valence-electron chi connectivity index (χ4n) is 3.79. The van der Waals surface area contributed by atoms with Gasteiger partial charge in [-0.1, -0.05) is 33.3 Å². The minimum atomic E-state index is -0.102. The molecular formula is C25H28BrN3O4S. The van der Waals surface area contributed by atoms with E-state index in [-0.39, 0.29) is 5.91 Å². The molecule has 1 amide bonds. The predicted molar refractivity (Wildman–Crippen MR) is 140 cm³/mol. The number of ether oxygens (including phenoxy) is 3. The van der Waals surface area contributed by atoms with Crippen LogP contribution in [-0.2, 0) is 9.53 Å². The third kappa shape index (κ3) is 6.15. The van der Waals surface area contributed by atoms with Crippen molar-refractivity contribution in [1.82, 2.24) is 9.88 Å². The maximum Gasteiger partial charge on any atom is 0.252 e. The third-order valence-corrected chi connectivity index (χ3v) is 7.16.